The lowest BCUT2D eigenvalue weighted by Crippen LogP contribution is -2.07. The van der Waals surface area contributed by atoms with Crippen molar-refractivity contribution in [1.82, 2.24) is 9.97 Å². The Bertz CT molecular complexity index is 543. The lowest BCUT2D eigenvalue weighted by Gasteiger charge is -2.02. The van der Waals surface area contributed by atoms with E-state index in [1.807, 2.05) is 12.1 Å². The summed E-state index contributed by atoms with van der Waals surface area (Å²) in [6, 6.07) is 4.05. The van der Waals surface area contributed by atoms with E-state index in [2.05, 4.69) is 31.2 Å². The average molecular weight is 329 g/mol. The molecular weight excluding hydrogens is 320 g/mol. The summed E-state index contributed by atoms with van der Waals surface area (Å²) in [6.45, 7) is 0.685. The van der Waals surface area contributed by atoms with Crippen LogP contribution in [0.15, 0.2) is 28.3 Å². The molecule has 2 aromatic rings. The maximum Gasteiger partial charge on any atom is 0.305 e. The second kappa shape index (κ2) is 5.87. The van der Waals surface area contributed by atoms with Crippen LogP contribution in [0.1, 0.15) is 4.88 Å². The minimum absolute atomic E-state index is 0.109. The van der Waals surface area contributed by atoms with E-state index in [9.17, 15) is 10.1 Å². The summed E-state index contributed by atoms with van der Waals surface area (Å²) in [5.41, 5.74) is -0.109. The maximum atomic E-state index is 10.4. The number of rotatable bonds is 5. The molecule has 0 unspecified atom stereocenters. The van der Waals surface area contributed by atoms with Crippen LogP contribution in [0.2, 0.25) is 0 Å². The summed E-state index contributed by atoms with van der Waals surface area (Å²) < 4.78 is 1.10. The van der Waals surface area contributed by atoms with Gasteiger partial charge in [0.1, 0.15) is 12.4 Å². The minimum Gasteiger partial charge on any atom is -0.354 e. The molecule has 0 amide bonds. The number of nitrogens with one attached hydrogen (secondary N) is 1. The van der Waals surface area contributed by atoms with E-state index in [1.54, 1.807) is 11.3 Å². The van der Waals surface area contributed by atoms with Crippen LogP contribution in [0, 0.1) is 10.1 Å². The highest BCUT2D eigenvalue weighted by atomic mass is 79.9. The van der Waals surface area contributed by atoms with Crippen molar-refractivity contribution in [1.29, 1.82) is 0 Å². The molecule has 0 spiro atoms. The van der Waals surface area contributed by atoms with Crippen molar-refractivity contribution >= 4 is 38.9 Å². The van der Waals surface area contributed by atoms with Crippen molar-refractivity contribution in [3.05, 3.63) is 43.3 Å². The molecule has 94 valence electrons. The van der Waals surface area contributed by atoms with Gasteiger partial charge < -0.3 is 5.32 Å². The van der Waals surface area contributed by atoms with Gasteiger partial charge in [-0.2, -0.15) is 0 Å². The Kier molecular flexibility index (Phi) is 4.21. The molecule has 0 aliphatic heterocycles. The van der Waals surface area contributed by atoms with Crippen molar-refractivity contribution in [2.75, 3.05) is 11.9 Å². The Labute approximate surface area is 115 Å². The number of nitrogens with zero attached hydrogens (tertiary/aromatic N) is 3. The molecule has 0 radical (unpaired) electrons. The predicted octanol–water partition coefficient (Wildman–Crippen LogP) is 2.86. The van der Waals surface area contributed by atoms with Gasteiger partial charge >= 0.3 is 5.69 Å². The van der Waals surface area contributed by atoms with E-state index in [1.165, 1.54) is 17.3 Å². The van der Waals surface area contributed by atoms with E-state index in [4.69, 9.17) is 0 Å². The molecule has 0 aliphatic rings. The van der Waals surface area contributed by atoms with E-state index >= 15 is 0 Å². The van der Waals surface area contributed by atoms with Crippen LogP contribution in [0.3, 0.4) is 0 Å². The van der Waals surface area contributed by atoms with Gasteiger partial charge in [-0.05, 0) is 34.5 Å². The van der Waals surface area contributed by atoms with Gasteiger partial charge in [0.2, 0.25) is 5.95 Å². The Morgan fingerprint density at radius 3 is 2.67 bits per heavy atom. The highest BCUT2D eigenvalue weighted by molar-refractivity contribution is 9.11. The van der Waals surface area contributed by atoms with Gasteiger partial charge in [-0.1, -0.05) is 0 Å². The third kappa shape index (κ3) is 3.47. The average Bonchev–Trinajstić information content (AvgIpc) is 2.76. The topological polar surface area (TPSA) is 81.0 Å². The number of aromatic nitrogens is 2. The molecule has 0 saturated heterocycles. The highest BCUT2D eigenvalue weighted by Crippen LogP contribution is 2.22. The zero-order valence-corrected chi connectivity index (χ0v) is 11.6. The van der Waals surface area contributed by atoms with Gasteiger partial charge in [-0.15, -0.1) is 11.3 Å². The Morgan fingerprint density at radius 1 is 1.39 bits per heavy atom. The zero-order valence-electron chi connectivity index (χ0n) is 9.17. The van der Waals surface area contributed by atoms with Gasteiger partial charge in [0.15, 0.2) is 0 Å². The van der Waals surface area contributed by atoms with E-state index in [-0.39, 0.29) is 5.69 Å². The van der Waals surface area contributed by atoms with Crippen molar-refractivity contribution in [2.24, 2.45) is 0 Å². The van der Waals surface area contributed by atoms with Crippen molar-refractivity contribution in [2.45, 2.75) is 6.42 Å². The lowest BCUT2D eigenvalue weighted by molar-refractivity contribution is -0.385. The lowest BCUT2D eigenvalue weighted by atomic mass is 10.3. The Balaban J connectivity index is 1.85. The second-order valence-corrected chi connectivity index (χ2v) is 5.95. The summed E-state index contributed by atoms with van der Waals surface area (Å²) in [5, 5.41) is 13.4. The van der Waals surface area contributed by atoms with Crippen molar-refractivity contribution in [3.63, 3.8) is 0 Å². The van der Waals surface area contributed by atoms with Crippen LogP contribution < -0.4 is 5.32 Å². The molecule has 0 aliphatic carbocycles. The number of nitro groups is 1. The first kappa shape index (κ1) is 12.9. The quantitative estimate of drug-likeness (QED) is 0.674. The monoisotopic (exact) mass is 328 g/mol. The van der Waals surface area contributed by atoms with Gasteiger partial charge in [0, 0.05) is 11.4 Å². The van der Waals surface area contributed by atoms with Crippen molar-refractivity contribution < 1.29 is 4.92 Å². The standard InChI is InChI=1S/C10H9BrN4O2S/c11-9-2-1-8(18-9)3-4-12-10-13-5-7(6-14-10)15(16)17/h1-2,5-6H,3-4H2,(H,12,13,14). The fraction of sp³-hybridized carbons (Fsp3) is 0.200. The molecule has 2 aromatic heterocycles. The largest absolute Gasteiger partial charge is 0.354 e. The van der Waals surface area contributed by atoms with Gasteiger partial charge in [0.05, 0.1) is 8.71 Å². The Morgan fingerprint density at radius 2 is 2.11 bits per heavy atom. The van der Waals surface area contributed by atoms with Crippen LogP contribution in [0.4, 0.5) is 11.6 Å². The van der Waals surface area contributed by atoms with Crippen LogP contribution in [0.5, 0.6) is 0 Å². The van der Waals surface area contributed by atoms with Gasteiger partial charge in [0.25, 0.3) is 0 Å². The SMILES string of the molecule is O=[N+]([O-])c1cnc(NCCc2ccc(Br)s2)nc1. The molecule has 0 bridgehead atoms. The third-order valence-corrected chi connectivity index (χ3v) is 3.82. The number of hydrogen-bond donors (Lipinski definition) is 1. The maximum absolute atomic E-state index is 10.4. The smallest absolute Gasteiger partial charge is 0.305 e. The molecule has 0 fully saturated rings. The Hall–Kier alpha value is -1.54. The molecule has 8 heteroatoms. The molecule has 2 rings (SSSR count). The van der Waals surface area contributed by atoms with E-state index in [0.29, 0.717) is 12.5 Å². The second-order valence-electron chi connectivity index (χ2n) is 3.40. The first-order chi connectivity index (χ1) is 8.65. The molecular formula is C10H9BrN4O2S. The molecule has 1 N–H and O–H groups in total. The van der Waals surface area contributed by atoms with E-state index < -0.39 is 4.92 Å². The van der Waals surface area contributed by atoms with Gasteiger partial charge in [-0.25, -0.2) is 9.97 Å². The highest BCUT2D eigenvalue weighted by Gasteiger charge is 2.06. The number of thiophene rings is 1. The summed E-state index contributed by atoms with van der Waals surface area (Å²) in [5.74, 6) is 0.399. The van der Waals surface area contributed by atoms with Crippen LogP contribution in [-0.4, -0.2) is 21.4 Å². The normalized spacial score (nSPS) is 10.3. The number of hydrogen-bond acceptors (Lipinski definition) is 6. The van der Waals surface area contributed by atoms with Gasteiger partial charge in [-0.3, -0.25) is 10.1 Å². The summed E-state index contributed by atoms with van der Waals surface area (Å²) >= 11 is 5.08. The number of halogens is 1. The summed E-state index contributed by atoms with van der Waals surface area (Å²) in [4.78, 5) is 18.9. The summed E-state index contributed by atoms with van der Waals surface area (Å²) in [6.07, 6.45) is 3.24. The van der Waals surface area contributed by atoms with Crippen LogP contribution in [0.25, 0.3) is 0 Å². The predicted molar refractivity (Wildman–Crippen MR) is 72.9 cm³/mol. The first-order valence-corrected chi connectivity index (χ1v) is 6.70. The van der Waals surface area contributed by atoms with Crippen LogP contribution in [-0.2, 0) is 6.42 Å². The van der Waals surface area contributed by atoms with E-state index in [0.717, 1.165) is 10.2 Å². The molecule has 2 heterocycles. The fourth-order valence-electron chi connectivity index (χ4n) is 1.29. The third-order valence-electron chi connectivity index (χ3n) is 2.13. The molecule has 6 nitrogen and oxygen atoms in total. The molecule has 0 aromatic carbocycles. The zero-order chi connectivity index (χ0) is 13.0. The van der Waals surface area contributed by atoms with Crippen LogP contribution >= 0.6 is 27.3 Å². The molecule has 0 atom stereocenters. The fourth-order valence-corrected chi connectivity index (χ4v) is 2.77. The molecule has 0 saturated carbocycles. The summed E-state index contributed by atoms with van der Waals surface area (Å²) in [7, 11) is 0. The molecule has 18 heavy (non-hydrogen) atoms. The van der Waals surface area contributed by atoms with Crippen molar-refractivity contribution in [3.8, 4) is 0 Å². The first-order valence-electron chi connectivity index (χ1n) is 5.09. The minimum atomic E-state index is -0.521. The number of anilines is 1.